The standard InChI is InChI=1S/C11H15N3O4S/c15-5-12-6(10(16)17)2-1-3-8-9-7(4-19-8)13-11(18)14-9/h6-9H,1-4H2,(H,16,17)(H2,13,14,18)/t6?,7-,8-,9-/m0/s1. The molecular weight excluding hydrogens is 270 g/mol. The van der Waals surface area contributed by atoms with Crippen molar-refractivity contribution in [3.63, 3.8) is 0 Å². The highest BCUT2D eigenvalue weighted by atomic mass is 32.2. The van der Waals surface area contributed by atoms with Crippen LogP contribution in [-0.4, -0.2) is 52.3 Å². The third-order valence-electron chi connectivity index (χ3n) is 3.40. The van der Waals surface area contributed by atoms with Gasteiger partial charge in [-0.25, -0.2) is 14.4 Å². The average Bonchev–Trinajstić information content (AvgIpc) is 2.88. The van der Waals surface area contributed by atoms with E-state index in [1.54, 1.807) is 11.8 Å². The predicted molar refractivity (Wildman–Crippen MR) is 68.9 cm³/mol. The zero-order chi connectivity index (χ0) is 13.8. The molecule has 8 heteroatoms. The summed E-state index contributed by atoms with van der Waals surface area (Å²) in [7, 11) is 0. The van der Waals surface area contributed by atoms with Gasteiger partial charge >= 0.3 is 12.0 Å². The van der Waals surface area contributed by atoms with Crippen molar-refractivity contribution in [3.8, 4) is 0 Å². The van der Waals surface area contributed by atoms with E-state index in [1.807, 2.05) is 0 Å². The molecule has 4 atom stereocenters. The van der Waals surface area contributed by atoms with Crippen molar-refractivity contribution in [2.75, 3.05) is 5.75 Å². The SMILES string of the molecule is O=C=NC(CCC[C@@H]1SC[C@@H]2NC(=O)N[C@@H]21)C(=O)O. The van der Waals surface area contributed by atoms with E-state index in [0.717, 1.165) is 12.2 Å². The molecule has 2 aliphatic heterocycles. The number of carboxylic acids is 1. The summed E-state index contributed by atoms with van der Waals surface area (Å²) in [5.41, 5.74) is 0. The molecule has 0 saturated carbocycles. The molecule has 3 N–H and O–H groups in total. The van der Waals surface area contributed by atoms with Crippen LogP contribution in [0.15, 0.2) is 4.99 Å². The van der Waals surface area contributed by atoms with E-state index in [4.69, 9.17) is 5.11 Å². The van der Waals surface area contributed by atoms with Gasteiger partial charge in [0.25, 0.3) is 0 Å². The van der Waals surface area contributed by atoms with Crippen molar-refractivity contribution in [2.24, 2.45) is 4.99 Å². The first-order chi connectivity index (χ1) is 9.11. The number of aliphatic imine (C=N–C) groups is 1. The first-order valence-electron chi connectivity index (χ1n) is 6.10. The maximum absolute atomic E-state index is 11.2. The Kier molecular flexibility index (Phi) is 4.44. The Labute approximate surface area is 114 Å². The number of carbonyl (C=O) groups is 2. The molecular formula is C11H15N3O4S. The molecule has 104 valence electrons. The van der Waals surface area contributed by atoms with Gasteiger partial charge in [0.1, 0.15) is 0 Å². The first kappa shape index (κ1) is 13.9. The number of nitrogens with one attached hydrogen (secondary N) is 2. The Balaban J connectivity index is 1.78. The quantitative estimate of drug-likeness (QED) is 0.365. The average molecular weight is 285 g/mol. The number of hydrogen-bond acceptors (Lipinski definition) is 5. The van der Waals surface area contributed by atoms with Crippen molar-refractivity contribution in [2.45, 2.75) is 42.6 Å². The van der Waals surface area contributed by atoms with E-state index in [0.29, 0.717) is 18.1 Å². The lowest BCUT2D eigenvalue weighted by Gasteiger charge is -2.16. The molecule has 2 amide bonds. The number of amides is 2. The highest BCUT2D eigenvalue weighted by Gasteiger charge is 2.42. The fraction of sp³-hybridized carbons (Fsp3) is 0.727. The molecule has 1 unspecified atom stereocenters. The van der Waals surface area contributed by atoms with Gasteiger partial charge < -0.3 is 15.7 Å². The van der Waals surface area contributed by atoms with Gasteiger partial charge in [-0.05, 0) is 19.3 Å². The molecule has 7 nitrogen and oxygen atoms in total. The Morgan fingerprint density at radius 3 is 3.05 bits per heavy atom. The number of fused-ring (bicyclic) bond motifs is 1. The molecule has 2 heterocycles. The number of hydrogen-bond donors (Lipinski definition) is 3. The summed E-state index contributed by atoms with van der Waals surface area (Å²) in [5.74, 6) is -0.223. The van der Waals surface area contributed by atoms with E-state index >= 15 is 0 Å². The molecule has 0 bridgehead atoms. The summed E-state index contributed by atoms with van der Waals surface area (Å²) in [4.78, 5) is 35.4. The molecule has 19 heavy (non-hydrogen) atoms. The van der Waals surface area contributed by atoms with Crippen LogP contribution in [0.4, 0.5) is 4.79 Å². The van der Waals surface area contributed by atoms with E-state index in [2.05, 4.69) is 15.6 Å². The van der Waals surface area contributed by atoms with Gasteiger partial charge in [0, 0.05) is 11.0 Å². The summed E-state index contributed by atoms with van der Waals surface area (Å²) in [5, 5.41) is 14.9. The Hall–Kier alpha value is -1.53. The summed E-state index contributed by atoms with van der Waals surface area (Å²) in [6.07, 6.45) is 3.06. The van der Waals surface area contributed by atoms with Crippen molar-refractivity contribution < 1.29 is 19.5 Å². The molecule has 0 aromatic heterocycles. The lowest BCUT2D eigenvalue weighted by Crippen LogP contribution is -2.36. The maximum atomic E-state index is 11.2. The van der Waals surface area contributed by atoms with Crippen LogP contribution in [0.2, 0.25) is 0 Å². The molecule has 0 spiro atoms. The second-order valence-electron chi connectivity index (χ2n) is 4.63. The van der Waals surface area contributed by atoms with E-state index in [9.17, 15) is 14.4 Å². The van der Waals surface area contributed by atoms with Gasteiger partial charge in [-0.15, -0.1) is 0 Å². The van der Waals surface area contributed by atoms with Crippen molar-refractivity contribution in [1.29, 1.82) is 0 Å². The van der Waals surface area contributed by atoms with Gasteiger partial charge in [0.05, 0.1) is 12.1 Å². The number of thioether (sulfide) groups is 1. The number of urea groups is 1. The van der Waals surface area contributed by atoms with Crippen molar-refractivity contribution in [3.05, 3.63) is 0 Å². The fourth-order valence-electron chi connectivity index (χ4n) is 2.46. The summed E-state index contributed by atoms with van der Waals surface area (Å²) >= 11 is 1.78. The number of nitrogens with zero attached hydrogens (tertiary/aromatic N) is 1. The number of rotatable bonds is 6. The number of carbonyl (C=O) groups excluding carboxylic acids is 2. The lowest BCUT2D eigenvalue weighted by molar-refractivity contribution is -0.138. The second kappa shape index (κ2) is 6.08. The van der Waals surface area contributed by atoms with Gasteiger partial charge in [-0.1, -0.05) is 0 Å². The Bertz CT molecular complexity index is 422. The zero-order valence-electron chi connectivity index (χ0n) is 10.2. The monoisotopic (exact) mass is 285 g/mol. The normalized spacial score (nSPS) is 29.9. The number of aliphatic carboxylic acids is 1. The van der Waals surface area contributed by atoms with Gasteiger partial charge in [-0.2, -0.15) is 16.8 Å². The summed E-state index contributed by atoms with van der Waals surface area (Å²) in [6, 6.07) is -0.841. The van der Waals surface area contributed by atoms with Crippen LogP contribution in [0.3, 0.4) is 0 Å². The molecule has 2 fully saturated rings. The summed E-state index contributed by atoms with van der Waals surface area (Å²) < 4.78 is 0. The molecule has 2 aliphatic rings. The predicted octanol–water partition coefficient (Wildman–Crippen LogP) is 0.111. The molecule has 0 aromatic rings. The highest BCUT2D eigenvalue weighted by Crippen LogP contribution is 2.33. The molecule has 0 aromatic carbocycles. The maximum Gasteiger partial charge on any atom is 0.329 e. The van der Waals surface area contributed by atoms with Gasteiger partial charge in [-0.3, -0.25) is 0 Å². The molecule has 2 rings (SSSR count). The minimum Gasteiger partial charge on any atom is -0.480 e. The van der Waals surface area contributed by atoms with Crippen molar-refractivity contribution >= 4 is 29.8 Å². The van der Waals surface area contributed by atoms with Crippen LogP contribution in [-0.2, 0) is 9.59 Å². The summed E-state index contributed by atoms with van der Waals surface area (Å²) in [6.45, 7) is 0. The number of carboxylic acid groups (broad SMARTS) is 1. The van der Waals surface area contributed by atoms with E-state index < -0.39 is 12.0 Å². The van der Waals surface area contributed by atoms with E-state index in [1.165, 1.54) is 6.08 Å². The van der Waals surface area contributed by atoms with E-state index in [-0.39, 0.29) is 18.1 Å². The van der Waals surface area contributed by atoms with Crippen LogP contribution < -0.4 is 10.6 Å². The van der Waals surface area contributed by atoms with Crippen LogP contribution in [0.25, 0.3) is 0 Å². The Morgan fingerprint density at radius 2 is 2.37 bits per heavy atom. The molecule has 0 aliphatic carbocycles. The Morgan fingerprint density at radius 1 is 1.58 bits per heavy atom. The highest BCUT2D eigenvalue weighted by molar-refractivity contribution is 8.00. The molecule has 2 saturated heterocycles. The lowest BCUT2D eigenvalue weighted by atomic mass is 10.0. The van der Waals surface area contributed by atoms with Gasteiger partial charge in [0.2, 0.25) is 6.08 Å². The smallest absolute Gasteiger partial charge is 0.329 e. The second-order valence-corrected chi connectivity index (χ2v) is 5.90. The first-order valence-corrected chi connectivity index (χ1v) is 7.15. The fourth-order valence-corrected chi connectivity index (χ4v) is 4.01. The minimum absolute atomic E-state index is 0.121. The zero-order valence-corrected chi connectivity index (χ0v) is 11.0. The minimum atomic E-state index is -1.10. The third-order valence-corrected chi connectivity index (χ3v) is 4.91. The van der Waals surface area contributed by atoms with Crippen LogP contribution >= 0.6 is 11.8 Å². The third kappa shape index (κ3) is 3.27. The largest absolute Gasteiger partial charge is 0.480 e. The molecule has 0 radical (unpaired) electrons. The van der Waals surface area contributed by atoms with Gasteiger partial charge in [0.15, 0.2) is 6.04 Å². The van der Waals surface area contributed by atoms with Crippen LogP contribution in [0.5, 0.6) is 0 Å². The van der Waals surface area contributed by atoms with Crippen molar-refractivity contribution in [1.82, 2.24) is 10.6 Å². The number of isocyanates is 1. The topological polar surface area (TPSA) is 108 Å². The van der Waals surface area contributed by atoms with Crippen LogP contribution in [0, 0.1) is 0 Å². The van der Waals surface area contributed by atoms with Crippen LogP contribution in [0.1, 0.15) is 19.3 Å².